The van der Waals surface area contributed by atoms with E-state index >= 15 is 0 Å². The maximum atomic E-state index is 13.4. The lowest BCUT2D eigenvalue weighted by atomic mass is 10.1. The standard InChI is InChI=1S/C27H27N3O2S/c1-29(2)26(32)24(21-15-7-4-8-16-21)33-27-28-23-18-10-9-17-22(23)25(31)30(27)19-11-14-20-12-5-3-6-13-20/h3-10,12-13,15-18,24H,11,14,19H2,1-2H3. The van der Waals surface area contributed by atoms with Crippen LogP contribution in [0.5, 0.6) is 0 Å². The molecule has 0 aliphatic rings. The van der Waals surface area contributed by atoms with Gasteiger partial charge in [-0.15, -0.1) is 0 Å². The molecule has 1 unspecified atom stereocenters. The maximum Gasteiger partial charge on any atom is 0.262 e. The number of benzene rings is 3. The molecule has 4 rings (SSSR count). The minimum Gasteiger partial charge on any atom is -0.348 e. The Balaban J connectivity index is 1.72. The highest BCUT2D eigenvalue weighted by atomic mass is 32.2. The van der Waals surface area contributed by atoms with E-state index in [0.717, 1.165) is 18.4 Å². The number of carbonyl (C=O) groups is 1. The van der Waals surface area contributed by atoms with Crippen molar-refractivity contribution in [2.24, 2.45) is 0 Å². The molecule has 1 atom stereocenters. The fourth-order valence-corrected chi connectivity index (χ4v) is 5.02. The lowest BCUT2D eigenvalue weighted by Crippen LogP contribution is -2.28. The number of para-hydroxylation sites is 1. The number of hydrogen-bond acceptors (Lipinski definition) is 4. The number of likely N-dealkylation sites (N-methyl/N-ethyl adjacent to an activating group) is 1. The van der Waals surface area contributed by atoms with Gasteiger partial charge in [-0.05, 0) is 36.1 Å². The van der Waals surface area contributed by atoms with Crippen LogP contribution < -0.4 is 5.56 Å². The van der Waals surface area contributed by atoms with Crippen LogP contribution in [0.4, 0.5) is 0 Å². The number of aryl methyl sites for hydroxylation is 1. The van der Waals surface area contributed by atoms with E-state index in [9.17, 15) is 9.59 Å². The molecule has 0 N–H and O–H groups in total. The van der Waals surface area contributed by atoms with E-state index in [1.54, 1.807) is 23.6 Å². The molecule has 0 radical (unpaired) electrons. The zero-order chi connectivity index (χ0) is 23.2. The summed E-state index contributed by atoms with van der Waals surface area (Å²) < 4.78 is 1.73. The normalized spacial score (nSPS) is 11.9. The predicted octanol–water partition coefficient (Wildman–Crippen LogP) is 4.95. The second-order valence-corrected chi connectivity index (χ2v) is 9.17. The van der Waals surface area contributed by atoms with Crippen LogP contribution >= 0.6 is 11.8 Å². The number of aromatic nitrogens is 2. The Hall–Kier alpha value is -3.38. The third-order valence-corrected chi connectivity index (χ3v) is 6.74. The third-order valence-electron chi connectivity index (χ3n) is 5.51. The first kappa shape index (κ1) is 22.8. The van der Waals surface area contributed by atoms with Crippen molar-refractivity contribution >= 4 is 28.6 Å². The van der Waals surface area contributed by atoms with Crippen LogP contribution in [0.3, 0.4) is 0 Å². The van der Waals surface area contributed by atoms with Gasteiger partial charge < -0.3 is 4.90 Å². The van der Waals surface area contributed by atoms with E-state index in [4.69, 9.17) is 4.98 Å². The molecular weight excluding hydrogens is 430 g/mol. The largest absolute Gasteiger partial charge is 0.348 e. The topological polar surface area (TPSA) is 55.2 Å². The molecule has 1 heterocycles. The van der Waals surface area contributed by atoms with E-state index in [-0.39, 0.29) is 11.5 Å². The van der Waals surface area contributed by atoms with Gasteiger partial charge in [0.25, 0.3) is 5.56 Å². The summed E-state index contributed by atoms with van der Waals surface area (Å²) in [5.74, 6) is -0.0376. The number of hydrogen-bond donors (Lipinski definition) is 0. The van der Waals surface area contributed by atoms with Crippen LogP contribution in [-0.2, 0) is 17.8 Å². The summed E-state index contributed by atoms with van der Waals surface area (Å²) in [6.45, 7) is 0.533. The first-order chi connectivity index (χ1) is 16.0. The second-order valence-electron chi connectivity index (χ2n) is 8.10. The third kappa shape index (κ3) is 5.34. The van der Waals surface area contributed by atoms with Crippen LogP contribution in [0, 0.1) is 0 Å². The number of amides is 1. The Labute approximate surface area is 198 Å². The lowest BCUT2D eigenvalue weighted by Gasteiger charge is -2.22. The van der Waals surface area contributed by atoms with Crippen LogP contribution in [0.25, 0.3) is 10.9 Å². The van der Waals surface area contributed by atoms with E-state index < -0.39 is 5.25 Å². The molecule has 0 bridgehead atoms. The molecule has 0 aliphatic carbocycles. The molecule has 0 fully saturated rings. The minimum absolute atomic E-state index is 0.0376. The SMILES string of the molecule is CN(C)C(=O)C(Sc1nc2ccccc2c(=O)n1CCCc1ccccc1)c1ccccc1. The summed E-state index contributed by atoms with van der Waals surface area (Å²) >= 11 is 1.34. The first-order valence-corrected chi connectivity index (χ1v) is 11.9. The van der Waals surface area contributed by atoms with Gasteiger partial charge in [0.2, 0.25) is 5.91 Å². The maximum absolute atomic E-state index is 13.4. The number of rotatable bonds is 8. The Morgan fingerprint density at radius 1 is 0.939 bits per heavy atom. The van der Waals surface area contributed by atoms with Crippen molar-refractivity contribution < 1.29 is 4.79 Å². The summed E-state index contributed by atoms with van der Waals surface area (Å²) in [7, 11) is 3.50. The quantitative estimate of drug-likeness (QED) is 0.277. The monoisotopic (exact) mass is 457 g/mol. The molecule has 5 nitrogen and oxygen atoms in total. The zero-order valence-electron chi connectivity index (χ0n) is 18.8. The van der Waals surface area contributed by atoms with Gasteiger partial charge in [0.15, 0.2) is 5.16 Å². The van der Waals surface area contributed by atoms with E-state index in [0.29, 0.717) is 22.6 Å². The Morgan fingerprint density at radius 2 is 1.58 bits per heavy atom. The number of carbonyl (C=O) groups excluding carboxylic acids is 1. The van der Waals surface area contributed by atoms with Crippen LogP contribution in [0.1, 0.15) is 22.8 Å². The van der Waals surface area contributed by atoms with Crippen LogP contribution in [-0.4, -0.2) is 34.5 Å². The van der Waals surface area contributed by atoms with Gasteiger partial charge in [-0.25, -0.2) is 4.98 Å². The number of nitrogens with zero attached hydrogens (tertiary/aromatic N) is 3. The van der Waals surface area contributed by atoms with Crippen molar-refractivity contribution in [3.63, 3.8) is 0 Å². The van der Waals surface area contributed by atoms with E-state index in [2.05, 4.69) is 12.1 Å². The highest BCUT2D eigenvalue weighted by Crippen LogP contribution is 2.35. The molecular formula is C27H27N3O2S. The predicted molar refractivity (Wildman–Crippen MR) is 134 cm³/mol. The summed E-state index contributed by atoms with van der Waals surface area (Å²) in [6, 6.07) is 27.3. The van der Waals surface area contributed by atoms with Gasteiger partial charge in [-0.1, -0.05) is 84.6 Å². The number of fused-ring (bicyclic) bond motifs is 1. The van der Waals surface area contributed by atoms with Crippen molar-refractivity contribution in [2.45, 2.75) is 29.8 Å². The Morgan fingerprint density at radius 3 is 2.27 bits per heavy atom. The Kier molecular flexibility index (Phi) is 7.25. The summed E-state index contributed by atoms with van der Waals surface area (Å²) in [4.78, 5) is 32.9. The van der Waals surface area contributed by atoms with Gasteiger partial charge in [0.05, 0.1) is 10.9 Å². The van der Waals surface area contributed by atoms with Crippen molar-refractivity contribution in [3.8, 4) is 0 Å². The van der Waals surface area contributed by atoms with Crippen molar-refractivity contribution in [1.29, 1.82) is 0 Å². The molecule has 33 heavy (non-hydrogen) atoms. The van der Waals surface area contributed by atoms with E-state index in [1.165, 1.54) is 17.3 Å². The van der Waals surface area contributed by atoms with Crippen LogP contribution in [0.2, 0.25) is 0 Å². The second kappa shape index (κ2) is 10.5. The fraction of sp³-hybridized carbons (Fsp3) is 0.222. The summed E-state index contributed by atoms with van der Waals surface area (Å²) in [5, 5.41) is 0.669. The smallest absolute Gasteiger partial charge is 0.262 e. The van der Waals surface area contributed by atoms with Gasteiger partial charge in [-0.2, -0.15) is 0 Å². The van der Waals surface area contributed by atoms with E-state index in [1.807, 2.05) is 72.8 Å². The molecule has 0 spiro atoms. The highest BCUT2D eigenvalue weighted by Gasteiger charge is 2.26. The van der Waals surface area contributed by atoms with Crippen molar-refractivity contribution in [1.82, 2.24) is 14.5 Å². The first-order valence-electron chi connectivity index (χ1n) is 11.0. The van der Waals surface area contributed by atoms with Gasteiger partial charge >= 0.3 is 0 Å². The van der Waals surface area contributed by atoms with Gasteiger partial charge in [0, 0.05) is 20.6 Å². The molecule has 168 valence electrons. The summed E-state index contributed by atoms with van der Waals surface area (Å²) in [5.41, 5.74) is 2.70. The number of thioether (sulfide) groups is 1. The molecule has 0 saturated heterocycles. The summed E-state index contributed by atoms with van der Waals surface area (Å²) in [6.07, 6.45) is 1.66. The minimum atomic E-state index is -0.491. The molecule has 3 aromatic carbocycles. The average molecular weight is 458 g/mol. The lowest BCUT2D eigenvalue weighted by molar-refractivity contribution is -0.128. The van der Waals surface area contributed by atoms with Crippen LogP contribution in [0.15, 0.2) is 94.9 Å². The van der Waals surface area contributed by atoms with Crippen molar-refractivity contribution in [3.05, 3.63) is 106 Å². The zero-order valence-corrected chi connectivity index (χ0v) is 19.7. The Bertz CT molecular complexity index is 1290. The highest BCUT2D eigenvalue weighted by molar-refractivity contribution is 8.00. The fourth-order valence-electron chi connectivity index (χ4n) is 3.75. The molecule has 1 aromatic heterocycles. The van der Waals surface area contributed by atoms with Gasteiger partial charge in [-0.3, -0.25) is 14.2 Å². The molecule has 0 saturated carbocycles. The van der Waals surface area contributed by atoms with Gasteiger partial charge in [0.1, 0.15) is 5.25 Å². The average Bonchev–Trinajstić information content (AvgIpc) is 2.85. The molecule has 4 aromatic rings. The molecule has 0 aliphatic heterocycles. The van der Waals surface area contributed by atoms with Crippen molar-refractivity contribution in [2.75, 3.05) is 14.1 Å². The molecule has 1 amide bonds. The molecule has 6 heteroatoms.